The molecule has 0 fully saturated rings. The van der Waals surface area contributed by atoms with Crippen molar-refractivity contribution in [1.29, 1.82) is 0 Å². The average Bonchev–Trinajstić information content (AvgIpc) is 3.21. The standard InChI is InChI=1S/C21H17ClN2O6/c1-28-15-7-13(8-16(10-15)29-2)20(25)24-23-11-14-4-6-19(30-14)17-9-12(21(26)27)3-5-18(17)22/h3-11H,1-2H3,(H,24,25)(H,26,27). The molecule has 1 heterocycles. The van der Waals surface area contributed by atoms with Crippen molar-refractivity contribution in [3.8, 4) is 22.8 Å². The summed E-state index contributed by atoms with van der Waals surface area (Å²) in [4.78, 5) is 23.5. The molecule has 0 spiro atoms. The van der Waals surface area contributed by atoms with Gasteiger partial charge in [0, 0.05) is 17.2 Å². The summed E-state index contributed by atoms with van der Waals surface area (Å²) in [6.45, 7) is 0. The number of rotatable bonds is 7. The lowest BCUT2D eigenvalue weighted by Crippen LogP contribution is -2.17. The van der Waals surface area contributed by atoms with Crippen LogP contribution < -0.4 is 14.9 Å². The maximum absolute atomic E-state index is 12.3. The number of benzene rings is 2. The van der Waals surface area contributed by atoms with Gasteiger partial charge < -0.3 is 19.0 Å². The molecule has 2 aromatic carbocycles. The highest BCUT2D eigenvalue weighted by atomic mass is 35.5. The molecule has 3 rings (SSSR count). The number of methoxy groups -OCH3 is 2. The Hall–Kier alpha value is -3.78. The number of furan rings is 1. The number of hydrogen-bond donors (Lipinski definition) is 2. The molecule has 2 N–H and O–H groups in total. The van der Waals surface area contributed by atoms with Gasteiger partial charge in [0.15, 0.2) is 0 Å². The van der Waals surface area contributed by atoms with Crippen LogP contribution in [0.2, 0.25) is 5.02 Å². The zero-order valence-corrected chi connectivity index (χ0v) is 16.8. The van der Waals surface area contributed by atoms with Gasteiger partial charge in [-0.15, -0.1) is 0 Å². The number of halogens is 1. The van der Waals surface area contributed by atoms with Crippen LogP contribution in [0.1, 0.15) is 26.5 Å². The van der Waals surface area contributed by atoms with Crippen molar-refractivity contribution in [2.45, 2.75) is 0 Å². The van der Waals surface area contributed by atoms with E-state index in [-0.39, 0.29) is 5.56 Å². The molecule has 30 heavy (non-hydrogen) atoms. The van der Waals surface area contributed by atoms with E-state index < -0.39 is 11.9 Å². The van der Waals surface area contributed by atoms with Crippen molar-refractivity contribution >= 4 is 29.7 Å². The highest BCUT2D eigenvalue weighted by Crippen LogP contribution is 2.30. The fourth-order valence-corrected chi connectivity index (χ4v) is 2.78. The lowest BCUT2D eigenvalue weighted by atomic mass is 10.1. The highest BCUT2D eigenvalue weighted by Gasteiger charge is 2.13. The maximum Gasteiger partial charge on any atom is 0.335 e. The lowest BCUT2D eigenvalue weighted by Gasteiger charge is -2.07. The van der Waals surface area contributed by atoms with E-state index in [2.05, 4.69) is 10.5 Å². The van der Waals surface area contributed by atoms with Crippen molar-refractivity contribution in [2.24, 2.45) is 5.10 Å². The first-order valence-corrected chi connectivity index (χ1v) is 8.98. The second-order valence-electron chi connectivity index (χ2n) is 6.00. The first-order chi connectivity index (χ1) is 14.4. The monoisotopic (exact) mass is 428 g/mol. The predicted molar refractivity (Wildman–Crippen MR) is 111 cm³/mol. The van der Waals surface area contributed by atoms with Crippen molar-refractivity contribution in [3.05, 3.63) is 70.4 Å². The van der Waals surface area contributed by atoms with Crippen molar-refractivity contribution in [3.63, 3.8) is 0 Å². The number of ether oxygens (including phenoxy) is 2. The van der Waals surface area contributed by atoms with Gasteiger partial charge >= 0.3 is 5.97 Å². The molecule has 3 aromatic rings. The maximum atomic E-state index is 12.3. The van der Waals surface area contributed by atoms with Crippen molar-refractivity contribution in [2.75, 3.05) is 14.2 Å². The summed E-state index contributed by atoms with van der Waals surface area (Å²) in [5.41, 5.74) is 3.22. The topological polar surface area (TPSA) is 110 Å². The SMILES string of the molecule is COc1cc(OC)cc(C(=O)NN=Cc2ccc(-c3cc(C(=O)O)ccc3Cl)o2)c1. The van der Waals surface area contributed by atoms with Gasteiger partial charge in [-0.3, -0.25) is 4.79 Å². The average molecular weight is 429 g/mol. The van der Waals surface area contributed by atoms with E-state index >= 15 is 0 Å². The lowest BCUT2D eigenvalue weighted by molar-refractivity contribution is 0.0696. The third kappa shape index (κ3) is 4.79. The molecule has 0 radical (unpaired) electrons. The molecular formula is C21H17ClN2O6. The number of aromatic carboxylic acids is 1. The summed E-state index contributed by atoms with van der Waals surface area (Å²) in [5.74, 6) is 0.114. The Morgan fingerprint density at radius 3 is 2.37 bits per heavy atom. The fourth-order valence-electron chi connectivity index (χ4n) is 2.57. The molecule has 9 heteroatoms. The smallest absolute Gasteiger partial charge is 0.335 e. The summed E-state index contributed by atoms with van der Waals surface area (Å²) in [7, 11) is 2.98. The van der Waals surface area contributed by atoms with Gasteiger partial charge in [-0.2, -0.15) is 5.10 Å². The Morgan fingerprint density at radius 2 is 1.73 bits per heavy atom. The van der Waals surface area contributed by atoms with Crippen LogP contribution in [0, 0.1) is 0 Å². The van der Waals surface area contributed by atoms with Crippen LogP contribution in [0.3, 0.4) is 0 Å². The zero-order valence-electron chi connectivity index (χ0n) is 16.0. The molecule has 1 aromatic heterocycles. The Balaban J connectivity index is 1.73. The summed E-state index contributed by atoms with van der Waals surface area (Å²) in [6, 6.07) is 12.3. The number of nitrogens with zero attached hydrogens (tertiary/aromatic N) is 1. The molecule has 0 saturated carbocycles. The van der Waals surface area contributed by atoms with Crippen LogP contribution in [-0.4, -0.2) is 37.4 Å². The van der Waals surface area contributed by atoms with Gasteiger partial charge in [0.05, 0.1) is 31.0 Å². The van der Waals surface area contributed by atoms with E-state index in [9.17, 15) is 9.59 Å². The van der Waals surface area contributed by atoms with Gasteiger partial charge in [0.1, 0.15) is 23.0 Å². The number of carboxylic acid groups (broad SMARTS) is 1. The van der Waals surface area contributed by atoms with Gasteiger partial charge in [-0.25, -0.2) is 10.2 Å². The number of hydrogen-bond acceptors (Lipinski definition) is 6. The molecular weight excluding hydrogens is 412 g/mol. The number of amides is 1. The van der Waals surface area contributed by atoms with Crippen LogP contribution in [0.25, 0.3) is 11.3 Å². The van der Waals surface area contributed by atoms with Crippen LogP contribution in [0.5, 0.6) is 11.5 Å². The Bertz CT molecular complexity index is 1100. The molecule has 8 nitrogen and oxygen atoms in total. The molecule has 0 bridgehead atoms. The minimum atomic E-state index is -1.07. The van der Waals surface area contributed by atoms with Gasteiger partial charge in [-0.1, -0.05) is 11.6 Å². The second kappa shape index (κ2) is 9.15. The third-order valence-corrected chi connectivity index (χ3v) is 4.41. The number of hydrazone groups is 1. The largest absolute Gasteiger partial charge is 0.497 e. The number of carboxylic acids is 1. The van der Waals surface area contributed by atoms with Crippen LogP contribution in [-0.2, 0) is 0 Å². The van der Waals surface area contributed by atoms with E-state index in [1.807, 2.05) is 0 Å². The first kappa shape index (κ1) is 20.9. The van der Waals surface area contributed by atoms with E-state index in [1.165, 1.54) is 38.6 Å². The Kier molecular flexibility index (Phi) is 6.38. The molecule has 0 aliphatic carbocycles. The van der Waals surface area contributed by atoms with Gasteiger partial charge in [0.25, 0.3) is 5.91 Å². The Labute approximate surface area is 176 Å². The highest BCUT2D eigenvalue weighted by molar-refractivity contribution is 6.33. The first-order valence-electron chi connectivity index (χ1n) is 8.61. The summed E-state index contributed by atoms with van der Waals surface area (Å²) < 4.78 is 15.9. The number of carbonyl (C=O) groups excluding carboxylic acids is 1. The molecule has 0 atom stereocenters. The summed E-state index contributed by atoms with van der Waals surface area (Å²) in [6.07, 6.45) is 1.31. The van der Waals surface area contributed by atoms with Crippen molar-refractivity contribution in [1.82, 2.24) is 5.43 Å². The summed E-state index contributed by atoms with van der Waals surface area (Å²) >= 11 is 6.14. The minimum Gasteiger partial charge on any atom is -0.497 e. The normalized spacial score (nSPS) is 10.8. The zero-order chi connectivity index (χ0) is 21.7. The van der Waals surface area contributed by atoms with Crippen LogP contribution in [0.4, 0.5) is 0 Å². The number of carbonyl (C=O) groups is 2. The molecule has 0 aliphatic heterocycles. The molecule has 0 saturated heterocycles. The molecule has 1 amide bonds. The van der Waals surface area contributed by atoms with Gasteiger partial charge in [-0.05, 0) is 42.5 Å². The third-order valence-electron chi connectivity index (χ3n) is 4.08. The fraction of sp³-hybridized carbons (Fsp3) is 0.0952. The van der Waals surface area contributed by atoms with Crippen LogP contribution in [0.15, 0.2) is 58.0 Å². The van der Waals surface area contributed by atoms with Gasteiger partial charge in [0.2, 0.25) is 0 Å². The van der Waals surface area contributed by atoms with E-state index in [0.717, 1.165) is 0 Å². The second-order valence-corrected chi connectivity index (χ2v) is 6.41. The predicted octanol–water partition coefficient (Wildman–Crippen LogP) is 4.08. The number of nitrogens with one attached hydrogen (secondary N) is 1. The van der Waals surface area contributed by atoms with E-state index in [1.54, 1.807) is 30.3 Å². The molecule has 0 aliphatic rings. The molecule has 154 valence electrons. The summed E-state index contributed by atoms with van der Waals surface area (Å²) in [5, 5.41) is 13.4. The molecule has 0 unspecified atom stereocenters. The quantitative estimate of drug-likeness (QED) is 0.433. The van der Waals surface area contributed by atoms with E-state index in [0.29, 0.717) is 39.2 Å². The van der Waals surface area contributed by atoms with Crippen molar-refractivity contribution < 1.29 is 28.6 Å². The minimum absolute atomic E-state index is 0.0852. The van der Waals surface area contributed by atoms with Crippen LogP contribution >= 0.6 is 11.6 Å². The van der Waals surface area contributed by atoms with E-state index in [4.69, 9.17) is 30.6 Å². The Morgan fingerprint density at radius 1 is 1.03 bits per heavy atom.